The molecule has 1 atom stereocenters. The number of pyridine rings is 1. The van der Waals surface area contributed by atoms with Crippen LogP contribution < -0.4 is 5.32 Å². The van der Waals surface area contributed by atoms with Gasteiger partial charge < -0.3 is 15.2 Å². The van der Waals surface area contributed by atoms with Gasteiger partial charge in [0.15, 0.2) is 5.65 Å². The molecule has 2 heterocycles. The number of esters is 1. The molecule has 2 rings (SSSR count). The fraction of sp³-hybridized carbons (Fsp3) is 0.562. The first-order valence-corrected chi connectivity index (χ1v) is 7.76. The number of carbonyl (C=O) groups is 1. The van der Waals surface area contributed by atoms with Gasteiger partial charge in [-0.15, -0.1) is 0 Å². The molecule has 7 heteroatoms. The number of carbonyl (C=O) groups excluding carboxylic acids is 1. The summed E-state index contributed by atoms with van der Waals surface area (Å²) < 4.78 is 6.78. The Labute approximate surface area is 135 Å². The quantitative estimate of drug-likeness (QED) is 0.792. The van der Waals surface area contributed by atoms with E-state index in [1.165, 1.54) is 6.20 Å². The highest BCUT2D eigenvalue weighted by Crippen LogP contribution is 2.29. The molecule has 0 fully saturated rings. The second-order valence-corrected chi connectivity index (χ2v) is 5.88. The molecule has 0 saturated heterocycles. The van der Waals surface area contributed by atoms with Gasteiger partial charge in [-0.2, -0.15) is 5.10 Å². The van der Waals surface area contributed by atoms with Gasteiger partial charge in [0.1, 0.15) is 5.56 Å². The number of hydrogen-bond acceptors (Lipinski definition) is 6. The van der Waals surface area contributed by atoms with E-state index >= 15 is 0 Å². The van der Waals surface area contributed by atoms with Crippen molar-refractivity contribution in [3.8, 4) is 0 Å². The standard InChI is InChI=1S/C16H24N4O3/c1-6-16(4,22)9-18-13-11(15(21)23-7-2)8-17-14-12(13)10(3)19-20(14)5/h8,22H,6-7,9H2,1-5H3,(H,17,18). The van der Waals surface area contributed by atoms with Gasteiger partial charge in [-0.3, -0.25) is 4.68 Å². The first-order chi connectivity index (χ1) is 10.8. The van der Waals surface area contributed by atoms with Crippen LogP contribution in [0, 0.1) is 6.92 Å². The number of hydrogen-bond donors (Lipinski definition) is 2. The summed E-state index contributed by atoms with van der Waals surface area (Å²) in [6.07, 6.45) is 2.08. The van der Waals surface area contributed by atoms with Gasteiger partial charge in [0.25, 0.3) is 0 Å². The second kappa shape index (κ2) is 6.54. The summed E-state index contributed by atoms with van der Waals surface area (Å²) in [5.41, 5.74) is 1.52. The SMILES string of the molecule is CCOC(=O)c1cnc2c(c(C)nn2C)c1NCC(C)(O)CC. The van der Waals surface area contributed by atoms with Gasteiger partial charge in [-0.25, -0.2) is 9.78 Å². The van der Waals surface area contributed by atoms with Gasteiger partial charge >= 0.3 is 5.97 Å². The summed E-state index contributed by atoms with van der Waals surface area (Å²) in [5.74, 6) is -0.441. The number of anilines is 1. The van der Waals surface area contributed by atoms with Crippen molar-refractivity contribution in [3.05, 3.63) is 17.5 Å². The molecule has 0 spiro atoms. The minimum absolute atomic E-state index is 0.287. The zero-order valence-electron chi connectivity index (χ0n) is 14.3. The molecule has 0 radical (unpaired) electrons. The average Bonchev–Trinajstić information content (AvgIpc) is 2.80. The Morgan fingerprint density at radius 1 is 1.48 bits per heavy atom. The molecular formula is C16H24N4O3. The van der Waals surface area contributed by atoms with E-state index in [1.54, 1.807) is 25.6 Å². The van der Waals surface area contributed by atoms with Crippen LogP contribution in [0.1, 0.15) is 43.2 Å². The summed E-state index contributed by atoms with van der Waals surface area (Å²) >= 11 is 0. The van der Waals surface area contributed by atoms with Gasteiger partial charge in [-0.05, 0) is 27.2 Å². The van der Waals surface area contributed by atoms with Gasteiger partial charge in [0.2, 0.25) is 0 Å². The molecule has 7 nitrogen and oxygen atoms in total. The Kier molecular flexibility index (Phi) is 4.89. The molecule has 1 unspecified atom stereocenters. The predicted molar refractivity (Wildman–Crippen MR) is 88.6 cm³/mol. The van der Waals surface area contributed by atoms with Crippen molar-refractivity contribution in [2.75, 3.05) is 18.5 Å². The molecule has 126 valence electrons. The van der Waals surface area contributed by atoms with Crippen LogP contribution >= 0.6 is 0 Å². The number of rotatable bonds is 6. The van der Waals surface area contributed by atoms with Gasteiger partial charge in [0.05, 0.1) is 29.0 Å². The number of fused-ring (bicyclic) bond motifs is 1. The van der Waals surface area contributed by atoms with E-state index in [1.807, 2.05) is 13.8 Å². The Hall–Kier alpha value is -2.15. The van der Waals surface area contributed by atoms with E-state index in [0.717, 1.165) is 11.1 Å². The zero-order valence-corrected chi connectivity index (χ0v) is 14.3. The van der Waals surface area contributed by atoms with Gasteiger partial charge in [0, 0.05) is 19.8 Å². The van der Waals surface area contributed by atoms with Crippen LogP contribution in [0.4, 0.5) is 5.69 Å². The Balaban J connectivity index is 2.55. The number of aromatic nitrogens is 3. The maximum atomic E-state index is 12.2. The molecule has 2 aromatic rings. The highest BCUT2D eigenvalue weighted by Gasteiger charge is 2.23. The highest BCUT2D eigenvalue weighted by atomic mass is 16.5. The summed E-state index contributed by atoms with van der Waals surface area (Å²) in [7, 11) is 1.80. The molecule has 0 saturated carbocycles. The lowest BCUT2D eigenvalue weighted by molar-refractivity contribution is 0.0525. The van der Waals surface area contributed by atoms with Crippen LogP contribution in [-0.2, 0) is 11.8 Å². The third kappa shape index (κ3) is 3.44. The van der Waals surface area contributed by atoms with E-state index in [4.69, 9.17) is 4.74 Å². The molecule has 0 aliphatic heterocycles. The van der Waals surface area contributed by atoms with Crippen LogP contribution in [0.5, 0.6) is 0 Å². The summed E-state index contributed by atoms with van der Waals surface area (Å²) in [6, 6.07) is 0. The zero-order chi connectivity index (χ0) is 17.2. The van der Waals surface area contributed by atoms with Crippen molar-refractivity contribution in [3.63, 3.8) is 0 Å². The summed E-state index contributed by atoms with van der Waals surface area (Å²) in [6.45, 7) is 7.87. The van der Waals surface area contributed by atoms with Crippen molar-refractivity contribution >= 4 is 22.7 Å². The molecule has 23 heavy (non-hydrogen) atoms. The molecular weight excluding hydrogens is 296 g/mol. The lowest BCUT2D eigenvalue weighted by Crippen LogP contribution is -2.33. The molecule has 2 aromatic heterocycles. The first kappa shape index (κ1) is 17.2. The topological polar surface area (TPSA) is 89.3 Å². The van der Waals surface area contributed by atoms with Crippen molar-refractivity contribution in [2.24, 2.45) is 7.05 Å². The third-order valence-electron chi connectivity index (χ3n) is 3.93. The number of nitrogens with zero attached hydrogens (tertiary/aromatic N) is 3. The van der Waals surface area contributed by atoms with Crippen molar-refractivity contribution < 1.29 is 14.6 Å². The van der Waals surface area contributed by atoms with E-state index < -0.39 is 11.6 Å². The molecule has 0 aliphatic carbocycles. The van der Waals surface area contributed by atoms with Crippen LogP contribution in [0.25, 0.3) is 11.0 Å². The summed E-state index contributed by atoms with van der Waals surface area (Å²) in [5, 5.41) is 18.6. The molecule has 0 amide bonds. The maximum absolute atomic E-state index is 12.2. The molecule has 0 bridgehead atoms. The fourth-order valence-corrected chi connectivity index (χ4v) is 2.36. The fourth-order valence-electron chi connectivity index (χ4n) is 2.36. The van der Waals surface area contributed by atoms with Crippen molar-refractivity contribution in [1.29, 1.82) is 0 Å². The van der Waals surface area contributed by atoms with Crippen LogP contribution in [0.2, 0.25) is 0 Å². The predicted octanol–water partition coefficient (Wildman–Crippen LogP) is 2.03. The smallest absolute Gasteiger partial charge is 0.341 e. The summed E-state index contributed by atoms with van der Waals surface area (Å²) in [4.78, 5) is 16.6. The van der Waals surface area contributed by atoms with E-state index in [-0.39, 0.29) is 6.61 Å². The Bertz CT molecular complexity index is 722. The van der Waals surface area contributed by atoms with Crippen molar-refractivity contribution in [1.82, 2.24) is 14.8 Å². The lowest BCUT2D eigenvalue weighted by Gasteiger charge is -2.23. The van der Waals surface area contributed by atoms with E-state index in [2.05, 4.69) is 15.4 Å². The molecule has 2 N–H and O–H groups in total. The van der Waals surface area contributed by atoms with Crippen LogP contribution in [-0.4, -0.2) is 44.6 Å². The first-order valence-electron chi connectivity index (χ1n) is 7.76. The second-order valence-electron chi connectivity index (χ2n) is 5.88. The van der Waals surface area contributed by atoms with E-state index in [0.29, 0.717) is 29.9 Å². The Morgan fingerprint density at radius 2 is 2.17 bits per heavy atom. The number of ether oxygens (including phenoxy) is 1. The van der Waals surface area contributed by atoms with Crippen LogP contribution in [0.3, 0.4) is 0 Å². The third-order valence-corrected chi connectivity index (χ3v) is 3.93. The minimum atomic E-state index is -0.877. The van der Waals surface area contributed by atoms with Gasteiger partial charge in [-0.1, -0.05) is 6.92 Å². The molecule has 0 aromatic carbocycles. The molecule has 0 aliphatic rings. The normalized spacial score (nSPS) is 13.8. The average molecular weight is 320 g/mol. The number of nitrogens with one attached hydrogen (secondary N) is 1. The van der Waals surface area contributed by atoms with E-state index in [9.17, 15) is 9.90 Å². The number of aliphatic hydroxyl groups is 1. The van der Waals surface area contributed by atoms with Crippen LogP contribution in [0.15, 0.2) is 6.20 Å². The number of aryl methyl sites for hydroxylation is 2. The Morgan fingerprint density at radius 3 is 2.78 bits per heavy atom. The van der Waals surface area contributed by atoms with Crippen molar-refractivity contribution in [2.45, 2.75) is 39.7 Å². The maximum Gasteiger partial charge on any atom is 0.341 e. The minimum Gasteiger partial charge on any atom is -0.462 e. The largest absolute Gasteiger partial charge is 0.462 e. The monoisotopic (exact) mass is 320 g/mol. The lowest BCUT2D eigenvalue weighted by atomic mass is 10.0. The highest BCUT2D eigenvalue weighted by molar-refractivity contribution is 6.05.